The highest BCUT2D eigenvalue weighted by Crippen LogP contribution is 2.33. The van der Waals surface area contributed by atoms with Gasteiger partial charge in [-0.2, -0.15) is 0 Å². The number of fused-ring (bicyclic) bond motifs is 1. The average molecular weight is 260 g/mol. The fraction of sp³-hybridized carbons (Fsp3) is 0.600. The lowest BCUT2D eigenvalue weighted by Crippen LogP contribution is -2.42. The molecule has 3 heterocycles. The minimum atomic E-state index is -0.265. The van der Waals surface area contributed by atoms with Crippen molar-refractivity contribution in [3.63, 3.8) is 0 Å². The molecule has 0 spiro atoms. The maximum absolute atomic E-state index is 12.7. The molecule has 0 aliphatic carbocycles. The molecule has 0 aromatic carbocycles. The van der Waals surface area contributed by atoms with E-state index in [1.54, 1.807) is 6.20 Å². The van der Waals surface area contributed by atoms with E-state index in [9.17, 15) is 4.79 Å². The molecule has 0 saturated carbocycles. The number of rotatable bonds is 2. The van der Waals surface area contributed by atoms with E-state index in [1.165, 1.54) is 0 Å². The van der Waals surface area contributed by atoms with Crippen LogP contribution >= 0.6 is 0 Å². The first-order chi connectivity index (χ1) is 9.18. The average Bonchev–Trinajstić information content (AvgIpc) is 3.05. The van der Waals surface area contributed by atoms with Gasteiger partial charge < -0.3 is 9.64 Å². The van der Waals surface area contributed by atoms with Crippen LogP contribution in [-0.2, 0) is 16.0 Å². The Balaban J connectivity index is 1.82. The van der Waals surface area contributed by atoms with E-state index in [0.717, 1.165) is 30.6 Å². The highest BCUT2D eigenvalue weighted by molar-refractivity contribution is 5.98. The van der Waals surface area contributed by atoms with Crippen LogP contribution in [0.25, 0.3) is 0 Å². The molecule has 4 nitrogen and oxygen atoms in total. The lowest BCUT2D eigenvalue weighted by Gasteiger charge is -2.26. The molecule has 0 radical (unpaired) electrons. The molecule has 1 aromatic heterocycles. The van der Waals surface area contributed by atoms with Gasteiger partial charge in [-0.15, -0.1) is 0 Å². The first kappa shape index (κ1) is 12.6. The zero-order valence-corrected chi connectivity index (χ0v) is 11.5. The van der Waals surface area contributed by atoms with Gasteiger partial charge in [-0.25, -0.2) is 0 Å². The Kier molecular flexibility index (Phi) is 3.27. The number of carbonyl (C=O) groups excluding carboxylic acids is 1. The number of hydrogen-bond acceptors (Lipinski definition) is 3. The highest BCUT2D eigenvalue weighted by atomic mass is 16.5. The summed E-state index contributed by atoms with van der Waals surface area (Å²) < 4.78 is 5.71. The quantitative estimate of drug-likeness (QED) is 0.817. The second kappa shape index (κ2) is 4.93. The number of pyridine rings is 1. The largest absolute Gasteiger partial charge is 0.368 e. The van der Waals surface area contributed by atoms with Crippen molar-refractivity contribution < 1.29 is 9.53 Å². The number of aromatic nitrogens is 1. The summed E-state index contributed by atoms with van der Waals surface area (Å²) in [5.41, 5.74) is 2.17. The standard InChI is InChI=1S/C15H20N2O2/c1-10(2)12-5-8-19-14(12)15(18)17-7-4-11-9-16-6-3-13(11)17/h3,6,9-10,12,14H,4-5,7-8H2,1-2H3/t12-,14-/m1/s1. The number of carbonyl (C=O) groups is 1. The summed E-state index contributed by atoms with van der Waals surface area (Å²) in [6, 6.07) is 1.93. The Bertz CT molecular complexity index is 487. The summed E-state index contributed by atoms with van der Waals surface area (Å²) in [5.74, 6) is 0.954. The van der Waals surface area contributed by atoms with Gasteiger partial charge in [0.25, 0.3) is 5.91 Å². The highest BCUT2D eigenvalue weighted by Gasteiger charge is 2.40. The summed E-state index contributed by atoms with van der Waals surface area (Å²) in [6.45, 7) is 5.80. The van der Waals surface area contributed by atoms with E-state index >= 15 is 0 Å². The van der Waals surface area contributed by atoms with Crippen molar-refractivity contribution >= 4 is 11.6 Å². The van der Waals surface area contributed by atoms with Gasteiger partial charge >= 0.3 is 0 Å². The minimum Gasteiger partial charge on any atom is -0.368 e. The van der Waals surface area contributed by atoms with Crippen LogP contribution in [0.3, 0.4) is 0 Å². The van der Waals surface area contributed by atoms with Crippen molar-refractivity contribution in [3.8, 4) is 0 Å². The smallest absolute Gasteiger partial charge is 0.256 e. The zero-order valence-electron chi connectivity index (χ0n) is 11.5. The topological polar surface area (TPSA) is 42.4 Å². The van der Waals surface area contributed by atoms with Crippen LogP contribution in [0.5, 0.6) is 0 Å². The third-order valence-corrected chi connectivity index (χ3v) is 4.28. The second-order valence-electron chi connectivity index (χ2n) is 5.73. The molecule has 1 saturated heterocycles. The lowest BCUT2D eigenvalue weighted by molar-refractivity contribution is -0.129. The minimum absolute atomic E-state index is 0.126. The maximum atomic E-state index is 12.7. The Morgan fingerprint density at radius 3 is 3.16 bits per heavy atom. The predicted molar refractivity (Wildman–Crippen MR) is 73.0 cm³/mol. The number of ether oxygens (including phenoxy) is 1. The van der Waals surface area contributed by atoms with Gasteiger partial charge in [0, 0.05) is 25.5 Å². The summed E-state index contributed by atoms with van der Waals surface area (Å²) in [6.07, 6.45) is 5.23. The zero-order chi connectivity index (χ0) is 13.4. The van der Waals surface area contributed by atoms with Crippen LogP contribution in [0.2, 0.25) is 0 Å². The van der Waals surface area contributed by atoms with Crippen molar-refractivity contribution in [3.05, 3.63) is 24.0 Å². The lowest BCUT2D eigenvalue weighted by atomic mass is 9.89. The Hall–Kier alpha value is -1.42. The third-order valence-electron chi connectivity index (χ3n) is 4.28. The van der Waals surface area contributed by atoms with Crippen molar-refractivity contribution in [2.75, 3.05) is 18.1 Å². The fourth-order valence-electron chi connectivity index (χ4n) is 3.15. The van der Waals surface area contributed by atoms with Gasteiger partial charge in [-0.3, -0.25) is 9.78 Å². The molecule has 2 aliphatic rings. The van der Waals surface area contributed by atoms with Crippen LogP contribution in [0, 0.1) is 11.8 Å². The molecule has 2 aliphatic heterocycles. The molecule has 1 aromatic rings. The summed E-state index contributed by atoms with van der Waals surface area (Å²) in [5, 5.41) is 0. The van der Waals surface area contributed by atoms with Crippen LogP contribution in [0.15, 0.2) is 18.5 Å². The first-order valence-corrected chi connectivity index (χ1v) is 7.04. The molecular weight excluding hydrogens is 240 g/mol. The molecule has 4 heteroatoms. The Morgan fingerprint density at radius 1 is 1.53 bits per heavy atom. The van der Waals surface area contributed by atoms with Crippen LogP contribution in [0.4, 0.5) is 5.69 Å². The molecule has 19 heavy (non-hydrogen) atoms. The summed E-state index contributed by atoms with van der Waals surface area (Å²) in [4.78, 5) is 18.7. The summed E-state index contributed by atoms with van der Waals surface area (Å²) in [7, 11) is 0. The van der Waals surface area contributed by atoms with E-state index in [2.05, 4.69) is 18.8 Å². The SMILES string of the molecule is CC(C)[C@H]1CCO[C@H]1C(=O)N1CCc2cnccc21. The van der Waals surface area contributed by atoms with Crippen molar-refractivity contribution in [2.24, 2.45) is 11.8 Å². The van der Waals surface area contributed by atoms with Crippen LogP contribution < -0.4 is 4.90 Å². The van der Waals surface area contributed by atoms with Gasteiger partial charge in [0.15, 0.2) is 0 Å². The van der Waals surface area contributed by atoms with Gasteiger partial charge in [0.2, 0.25) is 0 Å². The molecule has 0 bridgehead atoms. The van der Waals surface area contributed by atoms with Crippen molar-refractivity contribution in [2.45, 2.75) is 32.8 Å². The summed E-state index contributed by atoms with van der Waals surface area (Å²) >= 11 is 0. The van der Waals surface area contributed by atoms with Crippen molar-refractivity contribution in [1.82, 2.24) is 4.98 Å². The Morgan fingerprint density at radius 2 is 2.37 bits per heavy atom. The van der Waals surface area contributed by atoms with Gasteiger partial charge in [0.1, 0.15) is 6.10 Å². The molecule has 1 amide bonds. The maximum Gasteiger partial charge on any atom is 0.256 e. The molecule has 2 atom stereocenters. The monoisotopic (exact) mass is 260 g/mol. The van der Waals surface area contributed by atoms with Gasteiger partial charge in [0.05, 0.1) is 5.69 Å². The Labute approximate surface area is 113 Å². The van der Waals surface area contributed by atoms with E-state index in [1.807, 2.05) is 17.2 Å². The van der Waals surface area contributed by atoms with E-state index in [-0.39, 0.29) is 12.0 Å². The van der Waals surface area contributed by atoms with E-state index < -0.39 is 0 Å². The third kappa shape index (κ3) is 2.14. The number of hydrogen-bond donors (Lipinski definition) is 0. The van der Waals surface area contributed by atoms with Gasteiger partial charge in [-0.1, -0.05) is 13.8 Å². The number of nitrogens with zero attached hydrogens (tertiary/aromatic N) is 2. The van der Waals surface area contributed by atoms with Crippen LogP contribution in [0.1, 0.15) is 25.8 Å². The second-order valence-corrected chi connectivity index (χ2v) is 5.73. The molecule has 1 fully saturated rings. The predicted octanol–water partition coefficient (Wildman–Crippen LogP) is 2.03. The molecular formula is C15H20N2O2. The fourth-order valence-corrected chi connectivity index (χ4v) is 3.15. The van der Waals surface area contributed by atoms with E-state index in [4.69, 9.17) is 4.74 Å². The van der Waals surface area contributed by atoms with Crippen LogP contribution in [-0.4, -0.2) is 30.1 Å². The first-order valence-electron chi connectivity index (χ1n) is 7.04. The van der Waals surface area contributed by atoms with Crippen molar-refractivity contribution in [1.29, 1.82) is 0 Å². The van der Waals surface area contributed by atoms with E-state index in [0.29, 0.717) is 18.4 Å². The molecule has 3 rings (SSSR count). The number of amides is 1. The van der Waals surface area contributed by atoms with Gasteiger partial charge in [-0.05, 0) is 36.3 Å². The number of anilines is 1. The normalized spacial score (nSPS) is 25.9. The molecule has 102 valence electrons. The molecule has 0 unspecified atom stereocenters. The molecule has 0 N–H and O–H groups in total.